The molecule has 0 aliphatic heterocycles. The summed E-state index contributed by atoms with van der Waals surface area (Å²) in [5.41, 5.74) is 6.09. The molecule has 0 rings (SSSR count). The van der Waals surface area contributed by atoms with Crippen molar-refractivity contribution in [1.29, 1.82) is 0 Å². The second-order valence-electron chi connectivity index (χ2n) is 7.12. The SMILES string of the molecule is BC[C@@H](C[PH](C)(C)N)C(=O)OP(C)(C)(C)C. The minimum absolute atomic E-state index is 0.0204. The van der Waals surface area contributed by atoms with Crippen LogP contribution in [0.25, 0.3) is 0 Å². The first-order valence-electron chi connectivity index (χ1n) is 5.83. The first-order chi connectivity index (χ1) is 6.80. The third-order valence-corrected chi connectivity index (χ3v) is 4.51. The summed E-state index contributed by atoms with van der Waals surface area (Å²) in [4.78, 5) is 12.0. The summed E-state index contributed by atoms with van der Waals surface area (Å²) < 4.78 is 5.68. The van der Waals surface area contributed by atoms with E-state index in [-0.39, 0.29) is 11.9 Å². The number of carbonyl (C=O) groups is 1. The molecule has 1 atom stereocenters. The van der Waals surface area contributed by atoms with Gasteiger partial charge in [-0.2, -0.15) is 0 Å². The average molecular weight is 267 g/mol. The Morgan fingerprint density at radius 3 is 2.06 bits per heavy atom. The Morgan fingerprint density at radius 1 is 1.38 bits per heavy atom. The first-order valence-corrected chi connectivity index (χ1v) is 13.1. The number of carbonyl (C=O) groups excluding carboxylic acids is 1. The van der Waals surface area contributed by atoms with Gasteiger partial charge in [-0.1, -0.05) is 0 Å². The molecule has 0 heterocycles. The van der Waals surface area contributed by atoms with Crippen molar-refractivity contribution in [2.24, 2.45) is 11.4 Å². The molecule has 0 amide bonds. The van der Waals surface area contributed by atoms with Crippen molar-refractivity contribution < 1.29 is 9.32 Å². The monoisotopic (exact) mass is 267 g/mol. The van der Waals surface area contributed by atoms with Crippen LogP contribution in [0.15, 0.2) is 0 Å². The quantitative estimate of drug-likeness (QED) is 0.598. The van der Waals surface area contributed by atoms with E-state index in [1.165, 1.54) is 0 Å². The van der Waals surface area contributed by atoms with Gasteiger partial charge >= 0.3 is 101 Å². The molecule has 0 aromatic heterocycles. The van der Waals surface area contributed by atoms with E-state index in [1.807, 2.05) is 34.5 Å². The van der Waals surface area contributed by atoms with Crippen LogP contribution in [0, 0.1) is 5.92 Å². The fourth-order valence-corrected chi connectivity index (χ4v) is 4.06. The van der Waals surface area contributed by atoms with Gasteiger partial charge in [0, 0.05) is 0 Å². The molecule has 0 saturated carbocycles. The molecule has 3 nitrogen and oxygen atoms in total. The van der Waals surface area contributed by atoms with Crippen molar-refractivity contribution in [3.05, 3.63) is 0 Å². The standard InChI is InChI=1S/C10H28BNO2P2/c1-15(2,12)8-9(7-11)10(13)14-16(3,4,5)6/h9,15H,7-8,11-12H2,1-6H3/t9-/m0/s1. The van der Waals surface area contributed by atoms with Gasteiger partial charge in [0.15, 0.2) is 0 Å². The molecule has 0 spiro atoms. The second kappa shape index (κ2) is 4.92. The summed E-state index contributed by atoms with van der Waals surface area (Å²) in [7, 11) is 0.335. The number of hydrogen-bond acceptors (Lipinski definition) is 3. The topological polar surface area (TPSA) is 52.3 Å². The average Bonchev–Trinajstić information content (AvgIpc) is 1.93. The van der Waals surface area contributed by atoms with E-state index in [0.717, 1.165) is 12.5 Å². The van der Waals surface area contributed by atoms with E-state index in [2.05, 4.69) is 13.3 Å². The van der Waals surface area contributed by atoms with Crippen LogP contribution in [0.5, 0.6) is 0 Å². The zero-order chi connectivity index (χ0) is 13.2. The minimum atomic E-state index is -2.21. The molecule has 98 valence electrons. The van der Waals surface area contributed by atoms with Gasteiger partial charge in [0.25, 0.3) is 0 Å². The third kappa shape index (κ3) is 8.50. The van der Waals surface area contributed by atoms with Crippen molar-refractivity contribution in [3.63, 3.8) is 0 Å². The van der Waals surface area contributed by atoms with Crippen LogP contribution in [-0.4, -0.2) is 60.0 Å². The van der Waals surface area contributed by atoms with Crippen LogP contribution in [0.4, 0.5) is 0 Å². The Hall–Kier alpha value is 0.355. The summed E-state index contributed by atoms with van der Waals surface area (Å²) in [5, 5.41) is 0. The van der Waals surface area contributed by atoms with Gasteiger partial charge in [-0.05, 0) is 0 Å². The van der Waals surface area contributed by atoms with E-state index in [9.17, 15) is 4.79 Å². The summed E-state index contributed by atoms with van der Waals surface area (Å²) in [5.74, 6) is -0.0749. The van der Waals surface area contributed by atoms with Crippen LogP contribution < -0.4 is 5.50 Å². The summed E-state index contributed by atoms with van der Waals surface area (Å²) >= 11 is 0. The fourth-order valence-electron chi connectivity index (χ4n) is 1.46. The van der Waals surface area contributed by atoms with E-state index in [0.29, 0.717) is 0 Å². The molecular weight excluding hydrogens is 239 g/mol. The molecule has 0 fully saturated rings. The second-order valence-corrected chi connectivity index (χ2v) is 18.5. The first kappa shape index (κ1) is 16.4. The normalized spacial score (nSPS) is 18.3. The number of hydrogen-bond donors (Lipinski definition) is 1. The molecular formula is C10H28BNO2P2. The molecule has 0 bridgehead atoms. The zero-order valence-electron chi connectivity index (χ0n) is 11.8. The van der Waals surface area contributed by atoms with E-state index < -0.39 is 14.2 Å². The molecule has 0 aromatic carbocycles. The Kier molecular flexibility index (Phi) is 5.03. The van der Waals surface area contributed by atoms with Crippen LogP contribution in [0.3, 0.4) is 0 Å². The maximum absolute atomic E-state index is 12.0. The van der Waals surface area contributed by atoms with Crippen molar-refractivity contribution in [3.8, 4) is 0 Å². The van der Waals surface area contributed by atoms with Crippen LogP contribution in [-0.2, 0) is 9.32 Å². The van der Waals surface area contributed by atoms with Gasteiger partial charge in [0.2, 0.25) is 0 Å². The molecule has 0 aliphatic rings. The van der Waals surface area contributed by atoms with Gasteiger partial charge in [-0.25, -0.2) is 0 Å². The Morgan fingerprint density at radius 2 is 1.81 bits per heavy atom. The molecule has 0 unspecified atom stereocenters. The van der Waals surface area contributed by atoms with Crippen LogP contribution >= 0.6 is 14.2 Å². The van der Waals surface area contributed by atoms with Crippen molar-refractivity contribution in [1.82, 2.24) is 0 Å². The van der Waals surface area contributed by atoms with Crippen molar-refractivity contribution >= 4 is 28.1 Å². The van der Waals surface area contributed by atoms with E-state index in [1.54, 1.807) is 0 Å². The summed E-state index contributed by atoms with van der Waals surface area (Å²) in [6.07, 6.45) is 1.63. The van der Waals surface area contributed by atoms with E-state index in [4.69, 9.17) is 10.0 Å². The maximum atomic E-state index is 12.0. The van der Waals surface area contributed by atoms with Gasteiger partial charge in [0.05, 0.1) is 0 Å². The molecule has 0 aliphatic carbocycles. The fraction of sp³-hybridized carbons (Fsp3) is 0.900. The Bertz CT molecular complexity index is 259. The van der Waals surface area contributed by atoms with Gasteiger partial charge in [0.1, 0.15) is 0 Å². The predicted molar refractivity (Wildman–Crippen MR) is 82.8 cm³/mol. The predicted octanol–water partition coefficient (Wildman–Crippen LogP) is 1.07. The van der Waals surface area contributed by atoms with Crippen LogP contribution in [0.1, 0.15) is 0 Å². The summed E-state index contributed by atoms with van der Waals surface area (Å²) in [6, 6.07) is 0. The number of rotatable bonds is 5. The van der Waals surface area contributed by atoms with Gasteiger partial charge < -0.3 is 0 Å². The molecule has 0 aromatic rings. The zero-order valence-corrected chi connectivity index (χ0v) is 13.7. The molecule has 16 heavy (non-hydrogen) atoms. The van der Waals surface area contributed by atoms with Gasteiger partial charge in [-0.15, -0.1) is 0 Å². The van der Waals surface area contributed by atoms with Crippen LogP contribution in [0.2, 0.25) is 6.32 Å². The van der Waals surface area contributed by atoms with Gasteiger partial charge in [-0.3, -0.25) is 0 Å². The molecule has 0 radical (unpaired) electrons. The van der Waals surface area contributed by atoms with Crippen molar-refractivity contribution in [2.75, 3.05) is 46.2 Å². The third-order valence-electron chi connectivity index (χ3n) is 2.05. The van der Waals surface area contributed by atoms with Crippen molar-refractivity contribution in [2.45, 2.75) is 6.32 Å². The summed E-state index contributed by atoms with van der Waals surface area (Å²) in [6.45, 7) is 10.1. The Labute approximate surface area is 102 Å². The number of nitrogens with two attached hydrogens (primary N) is 1. The molecule has 6 heteroatoms. The molecule has 0 saturated heterocycles. The Balaban J connectivity index is 4.58. The molecule has 2 N–H and O–H groups in total. The van der Waals surface area contributed by atoms with E-state index >= 15 is 0 Å².